The highest BCUT2D eigenvalue weighted by Crippen LogP contribution is 2.43. The van der Waals surface area contributed by atoms with Gasteiger partial charge in [-0.3, -0.25) is 4.79 Å². The number of alkyl halides is 3. The number of hydrogen-bond acceptors (Lipinski definition) is 6. The molecule has 212 valence electrons. The van der Waals surface area contributed by atoms with E-state index in [2.05, 4.69) is 15.3 Å². The number of ketones is 1. The number of carbonyl (C=O) groups is 2. The van der Waals surface area contributed by atoms with Crippen LogP contribution in [-0.2, 0) is 20.5 Å². The number of hydrogen-bond donors (Lipinski definition) is 2. The summed E-state index contributed by atoms with van der Waals surface area (Å²) in [6.07, 6.45) is -2.89. The molecule has 0 saturated carbocycles. The van der Waals surface area contributed by atoms with Crippen LogP contribution in [0, 0.1) is 5.92 Å². The fourth-order valence-corrected chi connectivity index (χ4v) is 5.22. The standard InChI is InChI=1S/C31H29F3N4O3/c1-5-41-30(40)25-17(2)35-29-27(26(25)18-9-12-22(13-10-18)38(3)4)28(39)24(37-29)16-21-11-14-23(36-21)19-7-6-8-20(15-19)31(32,33)34/h6-16,26-27,36H,5H2,1-4H3,(H,35,37)/b24-16-. The first kappa shape index (κ1) is 27.9. The van der Waals surface area contributed by atoms with Gasteiger partial charge in [0.2, 0.25) is 0 Å². The number of anilines is 1. The molecule has 2 N–H and O–H groups in total. The number of aromatic nitrogens is 1. The minimum Gasteiger partial charge on any atom is -0.463 e. The Morgan fingerprint density at radius 3 is 2.46 bits per heavy atom. The van der Waals surface area contributed by atoms with Crippen molar-refractivity contribution in [1.82, 2.24) is 10.3 Å². The molecule has 2 unspecified atom stereocenters. The van der Waals surface area contributed by atoms with Gasteiger partial charge in [-0.2, -0.15) is 13.2 Å². The average Bonchev–Trinajstić information content (AvgIpc) is 3.52. The number of aliphatic imine (C=N–C) groups is 1. The molecule has 2 aliphatic heterocycles. The van der Waals surface area contributed by atoms with Crippen molar-refractivity contribution in [2.75, 3.05) is 25.6 Å². The molecule has 0 radical (unpaired) electrons. The molecule has 0 spiro atoms. The molecule has 7 nitrogen and oxygen atoms in total. The first-order valence-corrected chi connectivity index (χ1v) is 13.1. The fourth-order valence-electron chi connectivity index (χ4n) is 5.22. The van der Waals surface area contributed by atoms with E-state index in [-0.39, 0.29) is 18.1 Å². The summed E-state index contributed by atoms with van der Waals surface area (Å²) in [6, 6.07) is 16.0. The van der Waals surface area contributed by atoms with Gasteiger partial charge < -0.3 is 19.9 Å². The molecule has 2 aromatic carbocycles. The number of halogens is 3. The summed E-state index contributed by atoms with van der Waals surface area (Å²) in [7, 11) is 3.85. The number of amidine groups is 1. The van der Waals surface area contributed by atoms with Crippen molar-refractivity contribution in [1.29, 1.82) is 0 Å². The van der Waals surface area contributed by atoms with E-state index in [1.54, 1.807) is 38.1 Å². The Morgan fingerprint density at radius 1 is 1.07 bits per heavy atom. The van der Waals surface area contributed by atoms with Gasteiger partial charge >= 0.3 is 12.1 Å². The van der Waals surface area contributed by atoms with Crippen molar-refractivity contribution in [2.45, 2.75) is 25.9 Å². The van der Waals surface area contributed by atoms with Gasteiger partial charge in [-0.05, 0) is 67.4 Å². The van der Waals surface area contributed by atoms with Gasteiger partial charge in [0.15, 0.2) is 5.78 Å². The van der Waals surface area contributed by atoms with E-state index in [1.165, 1.54) is 6.07 Å². The topological polar surface area (TPSA) is 86.8 Å². The summed E-state index contributed by atoms with van der Waals surface area (Å²) in [6.45, 7) is 3.67. The Kier molecular flexibility index (Phi) is 7.33. The largest absolute Gasteiger partial charge is 0.463 e. The quantitative estimate of drug-likeness (QED) is 0.287. The predicted molar refractivity (Wildman–Crippen MR) is 151 cm³/mol. The van der Waals surface area contributed by atoms with Crippen LogP contribution in [0.5, 0.6) is 0 Å². The highest BCUT2D eigenvalue weighted by molar-refractivity contribution is 6.21. The maximum absolute atomic E-state index is 13.8. The van der Waals surface area contributed by atoms with E-state index in [4.69, 9.17) is 4.74 Å². The summed E-state index contributed by atoms with van der Waals surface area (Å²) in [4.78, 5) is 36.5. The zero-order chi connectivity index (χ0) is 29.5. The second-order valence-corrected chi connectivity index (χ2v) is 10.1. The number of allylic oxidation sites excluding steroid dienone is 2. The molecular weight excluding hydrogens is 533 g/mol. The number of rotatable bonds is 6. The smallest absolute Gasteiger partial charge is 0.416 e. The van der Waals surface area contributed by atoms with Gasteiger partial charge in [-0.25, -0.2) is 9.79 Å². The van der Waals surface area contributed by atoms with Gasteiger partial charge in [-0.1, -0.05) is 24.3 Å². The summed E-state index contributed by atoms with van der Waals surface area (Å²) in [5.41, 5.74) is 3.43. The van der Waals surface area contributed by atoms with Crippen molar-refractivity contribution < 1.29 is 27.5 Å². The predicted octanol–water partition coefficient (Wildman–Crippen LogP) is 5.93. The van der Waals surface area contributed by atoms with Crippen LogP contribution >= 0.6 is 0 Å². The van der Waals surface area contributed by atoms with E-state index in [0.717, 1.165) is 23.4 Å². The summed E-state index contributed by atoms with van der Waals surface area (Å²) in [5, 5.41) is 3.14. The third-order valence-electron chi connectivity index (χ3n) is 7.20. The van der Waals surface area contributed by atoms with E-state index < -0.39 is 29.5 Å². The highest BCUT2D eigenvalue weighted by Gasteiger charge is 2.47. The van der Waals surface area contributed by atoms with Gasteiger partial charge in [0.1, 0.15) is 11.5 Å². The Hall–Kier alpha value is -4.60. The maximum atomic E-state index is 13.8. The number of ether oxygens (including phenoxy) is 1. The molecule has 0 saturated heterocycles. The minimum absolute atomic E-state index is 0.169. The van der Waals surface area contributed by atoms with Crippen LogP contribution < -0.4 is 10.2 Å². The number of nitrogens with zero attached hydrogens (tertiary/aromatic N) is 2. The molecule has 0 amide bonds. The van der Waals surface area contributed by atoms with E-state index in [9.17, 15) is 22.8 Å². The summed E-state index contributed by atoms with van der Waals surface area (Å²) in [5.74, 6) is -1.74. The Morgan fingerprint density at radius 2 is 1.80 bits per heavy atom. The molecule has 0 fully saturated rings. The second-order valence-electron chi connectivity index (χ2n) is 10.1. The van der Waals surface area contributed by atoms with Crippen molar-refractivity contribution in [3.63, 3.8) is 0 Å². The Balaban J connectivity index is 1.50. The van der Waals surface area contributed by atoms with Gasteiger partial charge in [0.25, 0.3) is 0 Å². The lowest BCUT2D eigenvalue weighted by Crippen LogP contribution is -2.42. The summed E-state index contributed by atoms with van der Waals surface area (Å²) < 4.78 is 44.9. The van der Waals surface area contributed by atoms with Gasteiger partial charge in [0.05, 0.1) is 23.7 Å². The second kappa shape index (κ2) is 10.8. The third-order valence-corrected chi connectivity index (χ3v) is 7.20. The fraction of sp³-hybridized carbons (Fsp3) is 0.258. The van der Waals surface area contributed by atoms with Crippen LogP contribution in [0.2, 0.25) is 0 Å². The Bertz CT molecular complexity index is 1600. The number of Topliss-reactive ketones (excluding diaryl/α,β-unsaturated/α-hetero) is 1. The lowest BCUT2D eigenvalue weighted by Gasteiger charge is -2.32. The Labute approximate surface area is 235 Å². The molecule has 0 aliphatic carbocycles. The average molecular weight is 563 g/mol. The molecular formula is C31H29F3N4O3. The number of esters is 1. The lowest BCUT2D eigenvalue weighted by molar-refractivity contribution is -0.139. The first-order valence-electron chi connectivity index (χ1n) is 13.1. The highest BCUT2D eigenvalue weighted by atomic mass is 19.4. The van der Waals surface area contributed by atoms with Crippen LogP contribution in [0.1, 0.15) is 36.6 Å². The number of aromatic amines is 1. The van der Waals surface area contributed by atoms with E-state index in [0.29, 0.717) is 34.1 Å². The number of fused-ring (bicyclic) bond motifs is 1. The maximum Gasteiger partial charge on any atom is 0.416 e. The molecule has 10 heteroatoms. The number of carbonyl (C=O) groups excluding carboxylic acids is 2. The van der Waals surface area contributed by atoms with Crippen LogP contribution in [0.15, 0.2) is 82.6 Å². The molecule has 1 aromatic heterocycles. The van der Waals surface area contributed by atoms with Crippen molar-refractivity contribution in [2.24, 2.45) is 10.9 Å². The molecule has 41 heavy (non-hydrogen) atoms. The minimum atomic E-state index is -4.46. The normalized spacial score (nSPS) is 19.6. The monoisotopic (exact) mass is 562 g/mol. The van der Waals surface area contributed by atoms with Gasteiger partial charge in [-0.15, -0.1) is 0 Å². The van der Waals surface area contributed by atoms with Crippen molar-refractivity contribution in [3.05, 3.63) is 94.5 Å². The molecule has 3 aromatic rings. The van der Waals surface area contributed by atoms with E-state index in [1.807, 2.05) is 43.3 Å². The lowest BCUT2D eigenvalue weighted by atomic mass is 9.75. The van der Waals surface area contributed by atoms with Crippen LogP contribution in [0.3, 0.4) is 0 Å². The molecule has 2 aliphatic rings. The summed E-state index contributed by atoms with van der Waals surface area (Å²) >= 11 is 0. The zero-order valence-corrected chi connectivity index (χ0v) is 23.0. The first-order chi connectivity index (χ1) is 19.5. The van der Waals surface area contributed by atoms with Crippen LogP contribution in [-0.4, -0.2) is 43.3 Å². The number of H-pyrrole nitrogens is 1. The van der Waals surface area contributed by atoms with E-state index >= 15 is 0 Å². The molecule has 2 atom stereocenters. The van der Waals surface area contributed by atoms with Crippen LogP contribution in [0.25, 0.3) is 17.3 Å². The molecule has 3 heterocycles. The zero-order valence-electron chi connectivity index (χ0n) is 23.0. The SMILES string of the molecule is CCOC(=O)C1=C(C)NC2=N/C(=C\c3ccc(-c4cccc(C(F)(F)F)c4)[nH]3)C(=O)C2C1c1ccc(N(C)C)cc1. The number of benzene rings is 2. The van der Waals surface area contributed by atoms with Gasteiger partial charge in [0, 0.05) is 42.8 Å². The molecule has 5 rings (SSSR count). The van der Waals surface area contributed by atoms with Crippen LogP contribution in [0.4, 0.5) is 18.9 Å². The number of nitrogens with one attached hydrogen (secondary N) is 2. The van der Waals surface area contributed by atoms with Crippen molar-refractivity contribution >= 4 is 29.4 Å². The molecule has 0 bridgehead atoms. The third kappa shape index (κ3) is 5.41. The van der Waals surface area contributed by atoms with Crippen molar-refractivity contribution in [3.8, 4) is 11.3 Å².